The number of aromatic nitrogens is 2. The van der Waals surface area contributed by atoms with Gasteiger partial charge in [0.2, 0.25) is 0 Å². The lowest BCUT2D eigenvalue weighted by molar-refractivity contribution is -0.212. The van der Waals surface area contributed by atoms with Gasteiger partial charge in [0, 0.05) is 6.20 Å². The van der Waals surface area contributed by atoms with Gasteiger partial charge < -0.3 is 5.11 Å². The van der Waals surface area contributed by atoms with Crippen LogP contribution in [-0.4, -0.2) is 14.9 Å². The number of hydrogen-bond acceptors (Lipinski definition) is 2. The minimum Gasteiger partial charge on any atom is -0.387 e. The molecule has 3 nitrogen and oxygen atoms in total. The van der Waals surface area contributed by atoms with Crippen molar-refractivity contribution in [3.8, 4) is 0 Å². The first-order valence-electron chi connectivity index (χ1n) is 3.22. The van der Waals surface area contributed by atoms with E-state index in [2.05, 4.69) is 5.10 Å². The SMILES string of the molecule is CC(O)c1ccn(C(F)(F)F)n1. The van der Waals surface area contributed by atoms with Gasteiger partial charge in [-0.25, -0.2) is 0 Å². The summed E-state index contributed by atoms with van der Waals surface area (Å²) >= 11 is 0. The molecular weight excluding hydrogens is 173 g/mol. The fourth-order valence-corrected chi connectivity index (χ4v) is 0.702. The van der Waals surface area contributed by atoms with E-state index < -0.39 is 12.4 Å². The summed E-state index contributed by atoms with van der Waals surface area (Å²) in [5, 5.41) is 12.0. The number of aliphatic hydroxyl groups is 1. The van der Waals surface area contributed by atoms with Gasteiger partial charge in [0.1, 0.15) is 0 Å². The molecule has 0 bridgehead atoms. The first-order chi connectivity index (χ1) is 5.41. The molecule has 0 aliphatic heterocycles. The Kier molecular flexibility index (Phi) is 2.10. The molecule has 1 aromatic heterocycles. The number of alkyl halides is 3. The smallest absolute Gasteiger partial charge is 0.387 e. The fourth-order valence-electron chi connectivity index (χ4n) is 0.702. The quantitative estimate of drug-likeness (QED) is 0.709. The van der Waals surface area contributed by atoms with Crippen LogP contribution in [0.1, 0.15) is 18.7 Å². The average molecular weight is 180 g/mol. The van der Waals surface area contributed by atoms with Gasteiger partial charge in [0.25, 0.3) is 0 Å². The number of hydrogen-bond donors (Lipinski definition) is 1. The van der Waals surface area contributed by atoms with E-state index in [9.17, 15) is 13.2 Å². The van der Waals surface area contributed by atoms with Crippen molar-refractivity contribution in [2.24, 2.45) is 0 Å². The first-order valence-corrected chi connectivity index (χ1v) is 3.22. The van der Waals surface area contributed by atoms with Crippen molar-refractivity contribution in [2.75, 3.05) is 0 Å². The van der Waals surface area contributed by atoms with Gasteiger partial charge in [-0.05, 0) is 13.0 Å². The molecule has 1 rings (SSSR count). The Labute approximate surface area is 66.4 Å². The first kappa shape index (κ1) is 9.05. The molecule has 6 heteroatoms. The Morgan fingerprint density at radius 1 is 1.58 bits per heavy atom. The molecule has 0 spiro atoms. The van der Waals surface area contributed by atoms with Gasteiger partial charge in [-0.1, -0.05) is 0 Å². The fraction of sp³-hybridized carbons (Fsp3) is 0.500. The number of aliphatic hydroxyl groups excluding tert-OH is 1. The Balaban J connectivity index is 2.92. The van der Waals surface area contributed by atoms with Crippen molar-refractivity contribution in [2.45, 2.75) is 19.3 Å². The molecule has 68 valence electrons. The topological polar surface area (TPSA) is 38.0 Å². The van der Waals surface area contributed by atoms with Crippen molar-refractivity contribution < 1.29 is 18.3 Å². The van der Waals surface area contributed by atoms with Crippen LogP contribution < -0.4 is 0 Å². The molecule has 1 N–H and O–H groups in total. The van der Waals surface area contributed by atoms with Crippen LogP contribution >= 0.6 is 0 Å². The largest absolute Gasteiger partial charge is 0.504 e. The summed E-state index contributed by atoms with van der Waals surface area (Å²) < 4.78 is 35.5. The van der Waals surface area contributed by atoms with Crippen LogP contribution in [0, 0.1) is 0 Å². The predicted octanol–water partition coefficient (Wildman–Crippen LogP) is 1.41. The number of rotatable bonds is 1. The third-order valence-corrected chi connectivity index (χ3v) is 1.30. The van der Waals surface area contributed by atoms with E-state index >= 15 is 0 Å². The molecular formula is C6H7F3N2O. The molecule has 1 unspecified atom stereocenters. The molecule has 0 aliphatic rings. The third kappa shape index (κ3) is 1.76. The van der Waals surface area contributed by atoms with Crippen molar-refractivity contribution >= 4 is 0 Å². The van der Waals surface area contributed by atoms with E-state index in [1.807, 2.05) is 0 Å². The average Bonchev–Trinajstić information content (AvgIpc) is 2.30. The number of nitrogens with zero attached hydrogens (tertiary/aromatic N) is 2. The Morgan fingerprint density at radius 2 is 2.17 bits per heavy atom. The molecule has 1 heterocycles. The van der Waals surface area contributed by atoms with Crippen LogP contribution in [0.15, 0.2) is 12.3 Å². The van der Waals surface area contributed by atoms with E-state index in [4.69, 9.17) is 5.11 Å². The second kappa shape index (κ2) is 2.78. The maximum Gasteiger partial charge on any atom is 0.504 e. The molecule has 0 amide bonds. The van der Waals surface area contributed by atoms with E-state index in [0.29, 0.717) is 0 Å². The van der Waals surface area contributed by atoms with Crippen LogP contribution in [0.5, 0.6) is 0 Å². The minimum atomic E-state index is -4.51. The standard InChI is InChI=1S/C6H7F3N2O/c1-4(12)5-2-3-11(10-5)6(7,8)9/h2-4,12H,1H3. The molecule has 0 fully saturated rings. The molecule has 0 aliphatic carbocycles. The lowest BCUT2D eigenvalue weighted by atomic mass is 10.3. The van der Waals surface area contributed by atoms with Crippen LogP contribution in [0.25, 0.3) is 0 Å². The predicted molar refractivity (Wildman–Crippen MR) is 34.2 cm³/mol. The van der Waals surface area contributed by atoms with E-state index in [1.165, 1.54) is 6.92 Å². The summed E-state index contributed by atoms with van der Waals surface area (Å²) in [7, 11) is 0. The zero-order valence-corrected chi connectivity index (χ0v) is 6.21. The van der Waals surface area contributed by atoms with Gasteiger partial charge in [-0.3, -0.25) is 0 Å². The summed E-state index contributed by atoms with van der Waals surface area (Å²) in [5.74, 6) is 0. The summed E-state index contributed by atoms with van der Waals surface area (Å²) in [4.78, 5) is 0. The normalized spacial score (nSPS) is 14.8. The summed E-state index contributed by atoms with van der Waals surface area (Å²) in [6, 6.07) is 1.12. The van der Waals surface area contributed by atoms with Crippen molar-refractivity contribution in [3.05, 3.63) is 18.0 Å². The van der Waals surface area contributed by atoms with Crippen molar-refractivity contribution in [1.29, 1.82) is 0 Å². The minimum absolute atomic E-state index is 0.00678. The molecule has 0 saturated heterocycles. The van der Waals surface area contributed by atoms with Crippen molar-refractivity contribution in [1.82, 2.24) is 9.78 Å². The Bertz CT molecular complexity index is 266. The zero-order valence-electron chi connectivity index (χ0n) is 6.21. The van der Waals surface area contributed by atoms with E-state index in [1.54, 1.807) is 0 Å². The van der Waals surface area contributed by atoms with Gasteiger partial charge in [-0.2, -0.15) is 9.78 Å². The van der Waals surface area contributed by atoms with Crippen molar-refractivity contribution in [3.63, 3.8) is 0 Å². The van der Waals surface area contributed by atoms with Gasteiger partial charge in [-0.15, -0.1) is 13.2 Å². The van der Waals surface area contributed by atoms with E-state index in [-0.39, 0.29) is 10.4 Å². The molecule has 0 aromatic carbocycles. The van der Waals surface area contributed by atoms with Gasteiger partial charge in [0.05, 0.1) is 11.8 Å². The van der Waals surface area contributed by atoms with Crippen LogP contribution in [0.3, 0.4) is 0 Å². The second-order valence-corrected chi connectivity index (χ2v) is 2.33. The maximum atomic E-state index is 11.9. The molecule has 1 atom stereocenters. The second-order valence-electron chi connectivity index (χ2n) is 2.33. The summed E-state index contributed by atoms with van der Waals surface area (Å²) in [6.45, 7) is 1.35. The summed E-state index contributed by atoms with van der Waals surface area (Å²) in [5.41, 5.74) is 0.00678. The van der Waals surface area contributed by atoms with Crippen LogP contribution in [-0.2, 0) is 6.30 Å². The maximum absolute atomic E-state index is 11.9. The monoisotopic (exact) mass is 180 g/mol. The highest BCUT2D eigenvalue weighted by Crippen LogP contribution is 2.22. The van der Waals surface area contributed by atoms with Gasteiger partial charge >= 0.3 is 6.30 Å². The van der Waals surface area contributed by atoms with Crippen LogP contribution in [0.4, 0.5) is 13.2 Å². The molecule has 0 radical (unpaired) electrons. The van der Waals surface area contributed by atoms with E-state index in [0.717, 1.165) is 12.3 Å². The molecule has 1 aromatic rings. The molecule has 0 saturated carbocycles. The lowest BCUT2D eigenvalue weighted by Gasteiger charge is -2.04. The summed E-state index contributed by atoms with van der Waals surface area (Å²) in [6.07, 6.45) is -4.72. The van der Waals surface area contributed by atoms with Gasteiger partial charge in [0.15, 0.2) is 0 Å². The number of halogens is 3. The Hall–Kier alpha value is -1.04. The third-order valence-electron chi connectivity index (χ3n) is 1.30. The highest BCUT2D eigenvalue weighted by Gasteiger charge is 2.31. The van der Waals surface area contributed by atoms with Crippen LogP contribution in [0.2, 0.25) is 0 Å². The Morgan fingerprint density at radius 3 is 2.42 bits per heavy atom. The highest BCUT2D eigenvalue weighted by atomic mass is 19.4. The zero-order chi connectivity index (χ0) is 9.35. The molecule has 12 heavy (non-hydrogen) atoms. The highest BCUT2D eigenvalue weighted by molar-refractivity contribution is 5.01. The lowest BCUT2D eigenvalue weighted by Crippen LogP contribution is -2.17.